The predicted octanol–water partition coefficient (Wildman–Crippen LogP) is 0.670. The van der Waals surface area contributed by atoms with Gasteiger partial charge < -0.3 is 20.3 Å². The topological polar surface area (TPSA) is 103 Å². The summed E-state index contributed by atoms with van der Waals surface area (Å²) >= 11 is 0. The first-order chi connectivity index (χ1) is 12.0. The van der Waals surface area contributed by atoms with E-state index in [0.717, 1.165) is 6.42 Å². The van der Waals surface area contributed by atoms with Crippen molar-refractivity contribution in [3.05, 3.63) is 0 Å². The Kier molecular flexibility index (Phi) is 8.60. The van der Waals surface area contributed by atoms with Crippen molar-refractivity contribution in [1.82, 2.24) is 19.8 Å². The van der Waals surface area contributed by atoms with Gasteiger partial charge in [-0.1, -0.05) is 0 Å². The highest BCUT2D eigenvalue weighted by molar-refractivity contribution is 14.0. The van der Waals surface area contributed by atoms with Gasteiger partial charge in [0, 0.05) is 39.8 Å². The number of amides is 1. The molecule has 11 heteroatoms. The molecule has 2 fully saturated rings. The van der Waals surface area contributed by atoms with E-state index in [0.29, 0.717) is 38.7 Å². The Morgan fingerprint density at radius 2 is 1.89 bits per heavy atom. The third-order valence-corrected chi connectivity index (χ3v) is 5.64. The molecule has 0 aromatic rings. The van der Waals surface area contributed by atoms with Crippen molar-refractivity contribution in [3.63, 3.8) is 0 Å². The number of carbonyl (C=O) groups excluding carboxylic acids is 1. The lowest BCUT2D eigenvalue weighted by Crippen LogP contribution is -2.63. The molecule has 158 valence electrons. The third-order valence-electron chi connectivity index (χ3n) is 4.37. The van der Waals surface area contributed by atoms with Crippen LogP contribution in [0.2, 0.25) is 0 Å². The summed E-state index contributed by atoms with van der Waals surface area (Å²) < 4.78 is 30.0. The van der Waals surface area contributed by atoms with Crippen LogP contribution in [0.3, 0.4) is 0 Å². The Hall–Kier alpha value is -0.820. The largest absolute Gasteiger partial charge is 0.444 e. The zero-order chi connectivity index (χ0) is 19.5. The molecule has 0 radical (unpaired) electrons. The molecule has 9 nitrogen and oxygen atoms in total. The van der Waals surface area contributed by atoms with Crippen LogP contribution in [0.1, 0.15) is 27.2 Å². The van der Waals surface area contributed by atoms with Crippen LogP contribution in [-0.2, 0) is 14.8 Å². The molecule has 1 unspecified atom stereocenters. The highest BCUT2D eigenvalue weighted by atomic mass is 127. The number of ether oxygens (including phenoxy) is 1. The monoisotopic (exact) mass is 517 g/mol. The molecule has 0 bridgehead atoms. The van der Waals surface area contributed by atoms with Crippen molar-refractivity contribution in [2.75, 3.05) is 46.0 Å². The van der Waals surface area contributed by atoms with Crippen LogP contribution < -0.4 is 10.6 Å². The maximum absolute atomic E-state index is 11.9. The van der Waals surface area contributed by atoms with Crippen LogP contribution in [-0.4, -0.2) is 87.3 Å². The molecule has 2 aliphatic heterocycles. The fourth-order valence-corrected chi connectivity index (χ4v) is 3.86. The van der Waals surface area contributed by atoms with Crippen LogP contribution in [0.15, 0.2) is 4.99 Å². The van der Waals surface area contributed by atoms with E-state index < -0.39 is 15.6 Å². The summed E-state index contributed by atoms with van der Waals surface area (Å²) in [4.78, 5) is 17.8. The normalized spacial score (nSPS) is 22.0. The van der Waals surface area contributed by atoms with Gasteiger partial charge in [0.1, 0.15) is 5.60 Å². The number of guanidine groups is 1. The highest BCUT2D eigenvalue weighted by Gasteiger charge is 2.34. The Bertz CT molecular complexity index is 644. The second kappa shape index (κ2) is 9.59. The summed E-state index contributed by atoms with van der Waals surface area (Å²) in [6, 6.07) is 0.129. The maximum atomic E-state index is 11.9. The average molecular weight is 517 g/mol. The molecule has 2 N–H and O–H groups in total. The first-order valence-corrected chi connectivity index (χ1v) is 10.7. The van der Waals surface area contributed by atoms with Crippen LogP contribution in [0.5, 0.6) is 0 Å². The van der Waals surface area contributed by atoms with Gasteiger partial charge in [-0.05, 0) is 33.1 Å². The van der Waals surface area contributed by atoms with E-state index in [9.17, 15) is 13.2 Å². The Labute approximate surface area is 179 Å². The lowest BCUT2D eigenvalue weighted by Gasteiger charge is -2.40. The SMILES string of the molecule is CN=C(NCC1CCN(S(C)(=O)=O)C1)NC1CN(C(=O)OC(C)(C)C)C1.I. The predicted molar refractivity (Wildman–Crippen MR) is 116 cm³/mol. The van der Waals surface area contributed by atoms with E-state index in [-0.39, 0.29) is 42.0 Å². The summed E-state index contributed by atoms with van der Waals surface area (Å²) in [5, 5.41) is 6.52. The quantitative estimate of drug-likeness (QED) is 0.323. The van der Waals surface area contributed by atoms with Crippen LogP contribution in [0, 0.1) is 5.92 Å². The second-order valence-corrected chi connectivity index (χ2v) is 9.94. The minimum absolute atomic E-state index is 0. The number of nitrogens with zero attached hydrogens (tertiary/aromatic N) is 3. The van der Waals surface area contributed by atoms with Crippen molar-refractivity contribution in [3.8, 4) is 0 Å². The minimum atomic E-state index is -3.11. The molecule has 0 aromatic carbocycles. The fraction of sp³-hybridized carbons (Fsp3) is 0.875. The lowest BCUT2D eigenvalue weighted by molar-refractivity contribution is 0.00700. The summed E-state index contributed by atoms with van der Waals surface area (Å²) in [5.74, 6) is 0.930. The number of halogens is 1. The third kappa shape index (κ3) is 7.60. The Morgan fingerprint density at radius 1 is 1.26 bits per heavy atom. The van der Waals surface area contributed by atoms with Crippen molar-refractivity contribution < 1.29 is 17.9 Å². The van der Waals surface area contributed by atoms with Gasteiger partial charge in [-0.15, -0.1) is 24.0 Å². The van der Waals surface area contributed by atoms with E-state index in [2.05, 4.69) is 15.6 Å². The van der Waals surface area contributed by atoms with E-state index in [4.69, 9.17) is 4.74 Å². The Balaban J connectivity index is 0.00000364. The zero-order valence-electron chi connectivity index (χ0n) is 16.7. The average Bonchev–Trinajstić information content (AvgIpc) is 2.92. The molecule has 1 atom stereocenters. The van der Waals surface area contributed by atoms with E-state index >= 15 is 0 Å². The number of rotatable bonds is 4. The molecule has 0 aliphatic carbocycles. The van der Waals surface area contributed by atoms with Crippen LogP contribution >= 0.6 is 24.0 Å². The molecule has 0 aromatic heterocycles. The molecule has 2 heterocycles. The van der Waals surface area contributed by atoms with Crippen molar-refractivity contribution in [2.24, 2.45) is 10.9 Å². The van der Waals surface area contributed by atoms with E-state index in [1.807, 2.05) is 20.8 Å². The van der Waals surface area contributed by atoms with Gasteiger partial charge in [0.2, 0.25) is 10.0 Å². The van der Waals surface area contributed by atoms with E-state index in [1.54, 1.807) is 11.9 Å². The van der Waals surface area contributed by atoms with Gasteiger partial charge in [0.15, 0.2) is 5.96 Å². The fourth-order valence-electron chi connectivity index (χ4n) is 2.94. The minimum Gasteiger partial charge on any atom is -0.444 e. The Morgan fingerprint density at radius 3 is 2.37 bits per heavy atom. The van der Waals surface area contributed by atoms with Crippen molar-refractivity contribution in [1.29, 1.82) is 0 Å². The first-order valence-electron chi connectivity index (χ1n) is 8.88. The number of carbonyl (C=O) groups is 1. The zero-order valence-corrected chi connectivity index (χ0v) is 19.8. The first kappa shape index (κ1) is 24.2. The molecule has 0 spiro atoms. The van der Waals surface area contributed by atoms with Gasteiger partial charge in [0.25, 0.3) is 0 Å². The number of hydrogen-bond donors (Lipinski definition) is 2. The molecule has 27 heavy (non-hydrogen) atoms. The molecule has 2 rings (SSSR count). The number of sulfonamides is 1. The number of likely N-dealkylation sites (tertiary alicyclic amines) is 1. The van der Waals surface area contributed by atoms with E-state index in [1.165, 1.54) is 10.6 Å². The van der Waals surface area contributed by atoms with Crippen LogP contribution in [0.25, 0.3) is 0 Å². The standard InChI is InChI=1S/C16H31N5O4S.HI/c1-16(2,3)25-15(22)20-10-13(11-20)19-14(17-4)18-8-12-6-7-21(9-12)26(5,23)24;/h12-13H,6-11H2,1-5H3,(H2,17,18,19);1H. The molecule has 1 amide bonds. The molecular weight excluding hydrogens is 485 g/mol. The van der Waals surface area contributed by atoms with Gasteiger partial charge >= 0.3 is 6.09 Å². The molecule has 2 aliphatic rings. The number of nitrogens with one attached hydrogen (secondary N) is 2. The highest BCUT2D eigenvalue weighted by Crippen LogP contribution is 2.18. The van der Waals surface area contributed by atoms with Gasteiger partial charge in [-0.2, -0.15) is 0 Å². The molecule has 0 saturated carbocycles. The van der Waals surface area contributed by atoms with Gasteiger partial charge in [-0.3, -0.25) is 4.99 Å². The second-order valence-electron chi connectivity index (χ2n) is 7.96. The lowest BCUT2D eigenvalue weighted by atomic mass is 10.1. The maximum Gasteiger partial charge on any atom is 0.410 e. The molecular formula is C16H32IN5O4S. The summed E-state index contributed by atoms with van der Waals surface area (Å²) in [7, 11) is -1.42. The van der Waals surface area contributed by atoms with Gasteiger partial charge in [-0.25, -0.2) is 17.5 Å². The van der Waals surface area contributed by atoms with Gasteiger partial charge in [0.05, 0.1) is 12.3 Å². The van der Waals surface area contributed by atoms with Crippen molar-refractivity contribution in [2.45, 2.75) is 38.8 Å². The number of aliphatic imine (C=N–C) groups is 1. The summed E-state index contributed by atoms with van der Waals surface area (Å²) in [6.07, 6.45) is 1.79. The smallest absolute Gasteiger partial charge is 0.410 e. The summed E-state index contributed by atoms with van der Waals surface area (Å²) in [6.45, 7) is 8.46. The molecule has 2 saturated heterocycles. The summed E-state index contributed by atoms with van der Waals surface area (Å²) in [5.41, 5.74) is -0.492. The van der Waals surface area contributed by atoms with Crippen molar-refractivity contribution >= 4 is 46.1 Å². The number of hydrogen-bond acceptors (Lipinski definition) is 5. The van der Waals surface area contributed by atoms with Crippen LogP contribution in [0.4, 0.5) is 4.79 Å².